The lowest BCUT2D eigenvalue weighted by Crippen LogP contribution is -2.54. The molecule has 12 heteroatoms. The maximum absolute atomic E-state index is 13.2. The van der Waals surface area contributed by atoms with Crippen molar-refractivity contribution in [3.8, 4) is 11.5 Å². The second kappa shape index (κ2) is 12.0. The number of amides is 5. The van der Waals surface area contributed by atoms with E-state index >= 15 is 0 Å². The molecule has 0 saturated carbocycles. The van der Waals surface area contributed by atoms with Gasteiger partial charge in [0.2, 0.25) is 0 Å². The highest BCUT2D eigenvalue weighted by Crippen LogP contribution is 2.37. The molecular weight excluding hydrogens is 658 g/mol. The number of rotatable bonds is 7. The zero-order chi connectivity index (χ0) is 28.3. The van der Waals surface area contributed by atoms with E-state index in [-0.39, 0.29) is 23.7 Å². The molecule has 9 nitrogen and oxygen atoms in total. The molecule has 0 bridgehead atoms. The monoisotopic (exact) mass is 675 g/mol. The first-order valence-electron chi connectivity index (χ1n) is 11.3. The molecule has 4 rings (SSSR count). The van der Waals surface area contributed by atoms with Crippen LogP contribution in [0.15, 0.2) is 69.1 Å². The van der Waals surface area contributed by atoms with Crippen molar-refractivity contribution in [1.29, 1.82) is 0 Å². The second-order valence-corrected chi connectivity index (χ2v) is 10.4. The summed E-state index contributed by atoms with van der Waals surface area (Å²) >= 11 is 12.8. The maximum Gasteiger partial charge on any atom is 0.335 e. The predicted molar refractivity (Wildman–Crippen MR) is 154 cm³/mol. The Morgan fingerprint density at radius 2 is 1.79 bits per heavy atom. The summed E-state index contributed by atoms with van der Waals surface area (Å²) in [5.74, 6) is -1.55. The lowest BCUT2D eigenvalue weighted by molar-refractivity contribution is -0.122. The molecule has 1 fully saturated rings. The molecule has 0 radical (unpaired) electrons. The van der Waals surface area contributed by atoms with Crippen molar-refractivity contribution >= 4 is 84.7 Å². The summed E-state index contributed by atoms with van der Waals surface area (Å²) in [6, 6.07) is 13.9. The van der Waals surface area contributed by atoms with E-state index in [0.29, 0.717) is 26.4 Å². The number of nitrogens with zero attached hydrogens (tertiary/aromatic N) is 1. The van der Waals surface area contributed by atoms with Gasteiger partial charge < -0.3 is 14.8 Å². The fraction of sp³-hybridized carbons (Fsp3) is 0.111. The second-order valence-electron chi connectivity index (χ2n) is 8.27. The Balaban J connectivity index is 1.54. The van der Waals surface area contributed by atoms with E-state index in [1.54, 1.807) is 48.5 Å². The number of urea groups is 1. The average molecular weight is 678 g/mol. The van der Waals surface area contributed by atoms with E-state index in [4.69, 9.17) is 21.1 Å². The molecule has 39 heavy (non-hydrogen) atoms. The normalized spacial score (nSPS) is 14.3. The van der Waals surface area contributed by atoms with E-state index in [9.17, 15) is 19.2 Å². The molecule has 1 saturated heterocycles. The summed E-state index contributed by atoms with van der Waals surface area (Å²) in [6.07, 6.45) is 1.33. The van der Waals surface area contributed by atoms with Crippen molar-refractivity contribution in [3.63, 3.8) is 0 Å². The summed E-state index contributed by atoms with van der Waals surface area (Å²) in [6.45, 7) is 1.53. The number of anilines is 2. The van der Waals surface area contributed by atoms with Gasteiger partial charge in [0.25, 0.3) is 17.7 Å². The first kappa shape index (κ1) is 28.3. The maximum atomic E-state index is 13.2. The van der Waals surface area contributed by atoms with Crippen LogP contribution in [0.25, 0.3) is 6.08 Å². The van der Waals surface area contributed by atoms with Gasteiger partial charge in [-0.1, -0.05) is 33.6 Å². The van der Waals surface area contributed by atoms with Crippen LogP contribution in [0.3, 0.4) is 0 Å². The van der Waals surface area contributed by atoms with Crippen molar-refractivity contribution in [2.75, 3.05) is 23.9 Å². The number of hydrogen-bond donors (Lipinski definition) is 2. The van der Waals surface area contributed by atoms with Gasteiger partial charge in [-0.05, 0) is 88.6 Å². The van der Waals surface area contributed by atoms with Crippen molar-refractivity contribution in [1.82, 2.24) is 5.32 Å². The summed E-state index contributed by atoms with van der Waals surface area (Å²) < 4.78 is 12.3. The number of carbonyl (C=O) groups is 4. The van der Waals surface area contributed by atoms with E-state index in [0.717, 1.165) is 14.9 Å². The fourth-order valence-corrected chi connectivity index (χ4v) is 4.64. The van der Waals surface area contributed by atoms with Crippen LogP contribution in [0, 0.1) is 6.92 Å². The molecule has 3 aromatic carbocycles. The van der Waals surface area contributed by atoms with Crippen LogP contribution < -0.4 is 25.0 Å². The van der Waals surface area contributed by atoms with Gasteiger partial charge in [0.1, 0.15) is 5.57 Å². The highest BCUT2D eigenvalue weighted by molar-refractivity contribution is 9.10. The summed E-state index contributed by atoms with van der Waals surface area (Å²) in [5.41, 5.74) is 1.87. The molecule has 0 unspecified atom stereocenters. The molecule has 1 heterocycles. The van der Waals surface area contributed by atoms with Crippen molar-refractivity contribution in [2.45, 2.75) is 6.92 Å². The molecule has 200 valence electrons. The van der Waals surface area contributed by atoms with Gasteiger partial charge in [-0.15, -0.1) is 0 Å². The number of carbonyl (C=O) groups excluding carboxylic acids is 4. The Bertz CT molecular complexity index is 1520. The Hall–Kier alpha value is -3.67. The minimum absolute atomic E-state index is 0.239. The SMILES string of the molecule is COc1cc(/C=C2\C(=O)NC(=O)N(c3ccc(Br)cc3)C2=O)cc(Br)c1OCC(=O)Nc1ccc(C)c(Cl)c1. The first-order valence-corrected chi connectivity index (χ1v) is 13.3. The van der Waals surface area contributed by atoms with Gasteiger partial charge in [-0.25, -0.2) is 9.69 Å². The third kappa shape index (κ3) is 6.49. The number of methoxy groups -OCH3 is 1. The quantitative estimate of drug-likeness (QED) is 0.239. The van der Waals surface area contributed by atoms with Crippen LogP contribution >= 0.6 is 43.5 Å². The van der Waals surface area contributed by atoms with Crippen molar-refractivity contribution in [2.24, 2.45) is 0 Å². The number of halogens is 3. The van der Waals surface area contributed by atoms with E-state index < -0.39 is 23.8 Å². The third-order valence-electron chi connectivity index (χ3n) is 5.55. The number of nitrogens with one attached hydrogen (secondary N) is 2. The minimum Gasteiger partial charge on any atom is -0.493 e. The van der Waals surface area contributed by atoms with Crippen LogP contribution in [0.2, 0.25) is 5.02 Å². The Morgan fingerprint density at radius 1 is 1.08 bits per heavy atom. The lowest BCUT2D eigenvalue weighted by atomic mass is 10.1. The van der Waals surface area contributed by atoms with Gasteiger partial charge >= 0.3 is 6.03 Å². The fourth-order valence-electron chi connectivity index (χ4n) is 3.62. The number of ether oxygens (including phenoxy) is 2. The smallest absolute Gasteiger partial charge is 0.335 e. The van der Waals surface area contributed by atoms with E-state index in [2.05, 4.69) is 42.5 Å². The number of imide groups is 2. The standard InChI is InChI=1S/C27H20Br2ClN3O6/c1-14-3-6-17(12-21(14)30)31-23(34)13-39-24-20(29)10-15(11-22(24)38-2)9-19-25(35)32-27(37)33(26(19)36)18-7-4-16(28)5-8-18/h3-12H,13H2,1-2H3,(H,31,34)(H,32,35,37)/b19-9+. The number of benzene rings is 3. The summed E-state index contributed by atoms with van der Waals surface area (Å²) in [5, 5.41) is 5.42. The molecule has 0 aromatic heterocycles. The molecular formula is C27H20Br2ClN3O6. The highest BCUT2D eigenvalue weighted by Gasteiger charge is 2.36. The topological polar surface area (TPSA) is 114 Å². The van der Waals surface area contributed by atoms with Crippen LogP contribution in [0.1, 0.15) is 11.1 Å². The van der Waals surface area contributed by atoms with Crippen LogP contribution in [0.5, 0.6) is 11.5 Å². The van der Waals surface area contributed by atoms with Crippen LogP contribution in [-0.4, -0.2) is 37.5 Å². The lowest BCUT2D eigenvalue weighted by Gasteiger charge is -2.26. The van der Waals surface area contributed by atoms with Gasteiger partial charge in [-0.2, -0.15) is 0 Å². The minimum atomic E-state index is -0.849. The van der Waals surface area contributed by atoms with Crippen LogP contribution in [-0.2, 0) is 14.4 Å². The molecule has 2 N–H and O–H groups in total. The van der Waals surface area contributed by atoms with E-state index in [1.807, 2.05) is 6.92 Å². The van der Waals surface area contributed by atoms with Crippen LogP contribution in [0.4, 0.5) is 16.2 Å². The molecule has 0 atom stereocenters. The number of aryl methyl sites for hydroxylation is 1. The molecule has 1 aliphatic heterocycles. The largest absolute Gasteiger partial charge is 0.493 e. The summed E-state index contributed by atoms with van der Waals surface area (Å²) in [7, 11) is 1.41. The third-order valence-corrected chi connectivity index (χ3v) is 7.08. The molecule has 0 aliphatic carbocycles. The zero-order valence-corrected chi connectivity index (χ0v) is 24.4. The zero-order valence-electron chi connectivity index (χ0n) is 20.5. The van der Waals surface area contributed by atoms with Gasteiger partial charge in [-0.3, -0.25) is 19.7 Å². The summed E-state index contributed by atoms with van der Waals surface area (Å²) in [4.78, 5) is 51.4. The van der Waals surface area contributed by atoms with Crippen molar-refractivity contribution < 1.29 is 28.7 Å². The Morgan fingerprint density at radius 3 is 2.46 bits per heavy atom. The Kier molecular flexibility index (Phi) is 8.73. The molecule has 5 amide bonds. The van der Waals surface area contributed by atoms with Gasteiger partial charge in [0, 0.05) is 15.2 Å². The molecule has 0 spiro atoms. The number of barbiturate groups is 1. The predicted octanol–water partition coefficient (Wildman–Crippen LogP) is 5.87. The van der Waals surface area contributed by atoms with Gasteiger partial charge in [0.15, 0.2) is 18.1 Å². The van der Waals surface area contributed by atoms with Gasteiger partial charge in [0.05, 0.1) is 17.3 Å². The molecule has 3 aromatic rings. The average Bonchev–Trinajstić information content (AvgIpc) is 2.88. The van der Waals surface area contributed by atoms with Crippen molar-refractivity contribution in [3.05, 3.63) is 85.3 Å². The number of hydrogen-bond acceptors (Lipinski definition) is 6. The van der Waals surface area contributed by atoms with E-state index in [1.165, 1.54) is 19.3 Å². The molecule has 1 aliphatic rings. The Labute approximate surface area is 245 Å². The first-order chi connectivity index (χ1) is 18.6. The highest BCUT2D eigenvalue weighted by atomic mass is 79.9.